The van der Waals surface area contributed by atoms with E-state index in [2.05, 4.69) is 15.4 Å². The van der Waals surface area contributed by atoms with Crippen LogP contribution in [-0.4, -0.2) is 35.9 Å². The lowest BCUT2D eigenvalue weighted by molar-refractivity contribution is 0.355. The zero-order valence-electron chi connectivity index (χ0n) is 12.1. The van der Waals surface area contributed by atoms with E-state index in [9.17, 15) is 0 Å². The molecular formula is C15H16N4O2. The number of hydrogen-bond donors (Lipinski definition) is 1. The van der Waals surface area contributed by atoms with Crippen LogP contribution in [-0.2, 0) is 0 Å². The average Bonchev–Trinajstić information content (AvgIpc) is 2.97. The van der Waals surface area contributed by atoms with E-state index < -0.39 is 0 Å². The van der Waals surface area contributed by atoms with Gasteiger partial charge in [0.25, 0.3) is 0 Å². The van der Waals surface area contributed by atoms with Crippen molar-refractivity contribution in [1.29, 1.82) is 0 Å². The van der Waals surface area contributed by atoms with E-state index in [0.717, 1.165) is 22.6 Å². The summed E-state index contributed by atoms with van der Waals surface area (Å²) in [5.74, 6) is 2.17. The fraction of sp³-hybridized carbons (Fsp3) is 0.200. The molecule has 108 valence electrons. The lowest BCUT2D eigenvalue weighted by Crippen LogP contribution is -1.96. The zero-order chi connectivity index (χ0) is 14.8. The second-order valence-electron chi connectivity index (χ2n) is 4.46. The molecule has 6 nitrogen and oxygen atoms in total. The van der Waals surface area contributed by atoms with Gasteiger partial charge in [0.15, 0.2) is 17.1 Å². The highest BCUT2D eigenvalue weighted by atomic mass is 16.5. The maximum absolute atomic E-state index is 5.35. The van der Waals surface area contributed by atoms with E-state index in [4.69, 9.17) is 9.47 Å². The van der Waals surface area contributed by atoms with Gasteiger partial charge in [-0.05, 0) is 23.8 Å². The molecule has 0 atom stereocenters. The van der Waals surface area contributed by atoms with Gasteiger partial charge in [-0.1, -0.05) is 6.07 Å². The van der Waals surface area contributed by atoms with Crippen LogP contribution in [0.15, 0.2) is 36.7 Å². The fourth-order valence-corrected chi connectivity index (χ4v) is 2.22. The first-order valence-electron chi connectivity index (χ1n) is 6.51. The zero-order valence-corrected chi connectivity index (χ0v) is 12.1. The molecule has 0 spiro atoms. The lowest BCUT2D eigenvalue weighted by atomic mass is 10.1. The Morgan fingerprint density at radius 3 is 2.62 bits per heavy atom. The molecule has 0 saturated carbocycles. The van der Waals surface area contributed by atoms with E-state index in [1.807, 2.05) is 37.5 Å². The normalized spacial score (nSPS) is 10.6. The number of aromatic nitrogens is 3. The van der Waals surface area contributed by atoms with Crippen molar-refractivity contribution in [2.24, 2.45) is 0 Å². The second-order valence-corrected chi connectivity index (χ2v) is 4.46. The third-order valence-electron chi connectivity index (χ3n) is 3.32. The molecule has 0 radical (unpaired) electrons. The summed E-state index contributed by atoms with van der Waals surface area (Å²) in [5.41, 5.74) is 2.70. The van der Waals surface area contributed by atoms with Crippen LogP contribution in [0.25, 0.3) is 16.8 Å². The first-order chi connectivity index (χ1) is 10.3. The molecule has 0 fully saturated rings. The molecule has 3 aromatic rings. The quantitative estimate of drug-likeness (QED) is 0.797. The van der Waals surface area contributed by atoms with E-state index in [0.29, 0.717) is 11.5 Å². The molecular weight excluding hydrogens is 268 g/mol. The summed E-state index contributed by atoms with van der Waals surface area (Å²) in [5, 5.41) is 7.35. The number of nitrogens with one attached hydrogen (secondary N) is 1. The van der Waals surface area contributed by atoms with Gasteiger partial charge in [0.2, 0.25) is 0 Å². The van der Waals surface area contributed by atoms with Gasteiger partial charge in [-0.15, -0.1) is 0 Å². The van der Waals surface area contributed by atoms with Crippen LogP contribution in [0.1, 0.15) is 0 Å². The maximum atomic E-state index is 5.35. The fourth-order valence-electron chi connectivity index (χ4n) is 2.22. The van der Waals surface area contributed by atoms with E-state index in [1.165, 1.54) is 0 Å². The van der Waals surface area contributed by atoms with Crippen LogP contribution in [0.2, 0.25) is 0 Å². The van der Waals surface area contributed by atoms with Crippen LogP contribution in [0, 0.1) is 0 Å². The molecule has 0 amide bonds. The predicted molar refractivity (Wildman–Crippen MR) is 81.1 cm³/mol. The number of hydrogen-bond acceptors (Lipinski definition) is 5. The van der Waals surface area contributed by atoms with Crippen LogP contribution in [0.4, 0.5) is 5.82 Å². The van der Waals surface area contributed by atoms with Crippen LogP contribution >= 0.6 is 0 Å². The Morgan fingerprint density at radius 2 is 1.90 bits per heavy atom. The van der Waals surface area contributed by atoms with Gasteiger partial charge >= 0.3 is 0 Å². The van der Waals surface area contributed by atoms with Gasteiger partial charge in [-0.25, -0.2) is 9.50 Å². The molecule has 0 unspecified atom stereocenters. The van der Waals surface area contributed by atoms with Gasteiger partial charge in [-0.3, -0.25) is 0 Å². The standard InChI is InChI=1S/C15H16N4O2/c1-16-14-6-7-19-15(18-14)11(9-17-19)10-4-5-12(20-2)13(8-10)21-3/h4-9H,1-3H3,(H,16,18). The molecule has 0 aliphatic heterocycles. The van der Waals surface area contributed by atoms with E-state index >= 15 is 0 Å². The van der Waals surface area contributed by atoms with Gasteiger partial charge in [0, 0.05) is 18.8 Å². The summed E-state index contributed by atoms with van der Waals surface area (Å²) in [4.78, 5) is 4.55. The van der Waals surface area contributed by atoms with Crippen molar-refractivity contribution < 1.29 is 9.47 Å². The van der Waals surface area contributed by atoms with Crippen molar-refractivity contribution >= 4 is 11.5 Å². The number of rotatable bonds is 4. The maximum Gasteiger partial charge on any atom is 0.165 e. The van der Waals surface area contributed by atoms with Gasteiger partial charge in [-0.2, -0.15) is 5.10 Å². The van der Waals surface area contributed by atoms with Gasteiger partial charge < -0.3 is 14.8 Å². The third-order valence-corrected chi connectivity index (χ3v) is 3.32. The molecule has 0 aliphatic carbocycles. The minimum atomic E-state index is 0.680. The van der Waals surface area contributed by atoms with Gasteiger partial charge in [0.1, 0.15) is 5.82 Å². The lowest BCUT2D eigenvalue weighted by Gasteiger charge is -2.09. The van der Waals surface area contributed by atoms with Gasteiger partial charge in [0.05, 0.1) is 20.4 Å². The Hall–Kier alpha value is -2.76. The van der Waals surface area contributed by atoms with Crippen molar-refractivity contribution in [3.63, 3.8) is 0 Å². The Labute approximate surface area is 122 Å². The van der Waals surface area contributed by atoms with Crippen molar-refractivity contribution in [1.82, 2.24) is 14.6 Å². The highest BCUT2D eigenvalue weighted by molar-refractivity contribution is 5.79. The van der Waals surface area contributed by atoms with Crippen LogP contribution in [0.5, 0.6) is 11.5 Å². The minimum absolute atomic E-state index is 0.680. The van der Waals surface area contributed by atoms with Crippen molar-refractivity contribution in [2.45, 2.75) is 0 Å². The molecule has 1 aromatic carbocycles. The van der Waals surface area contributed by atoms with Crippen molar-refractivity contribution in [3.05, 3.63) is 36.7 Å². The molecule has 21 heavy (non-hydrogen) atoms. The first kappa shape index (κ1) is 13.2. The molecule has 2 heterocycles. The summed E-state index contributed by atoms with van der Waals surface area (Å²) in [6.07, 6.45) is 3.67. The number of anilines is 1. The number of fused-ring (bicyclic) bond motifs is 1. The predicted octanol–water partition coefficient (Wildman–Crippen LogP) is 2.46. The smallest absolute Gasteiger partial charge is 0.165 e. The van der Waals surface area contributed by atoms with E-state index in [-0.39, 0.29) is 0 Å². The summed E-state index contributed by atoms with van der Waals surface area (Å²) < 4.78 is 12.4. The third kappa shape index (κ3) is 2.24. The molecule has 0 aliphatic rings. The molecule has 3 rings (SSSR count). The van der Waals surface area contributed by atoms with E-state index in [1.54, 1.807) is 24.9 Å². The SMILES string of the molecule is CNc1ccn2ncc(-c3ccc(OC)c(OC)c3)c2n1. The largest absolute Gasteiger partial charge is 0.493 e. The number of benzene rings is 1. The summed E-state index contributed by atoms with van der Waals surface area (Å²) in [6, 6.07) is 7.63. The molecule has 6 heteroatoms. The topological polar surface area (TPSA) is 60.7 Å². The second kappa shape index (κ2) is 5.32. The average molecular weight is 284 g/mol. The molecule has 0 bridgehead atoms. The molecule has 1 N–H and O–H groups in total. The summed E-state index contributed by atoms with van der Waals surface area (Å²) in [6.45, 7) is 0. The van der Waals surface area contributed by atoms with Crippen LogP contribution in [0.3, 0.4) is 0 Å². The summed E-state index contributed by atoms with van der Waals surface area (Å²) >= 11 is 0. The summed E-state index contributed by atoms with van der Waals surface area (Å²) in [7, 11) is 5.08. The highest BCUT2D eigenvalue weighted by Gasteiger charge is 2.12. The molecule has 2 aromatic heterocycles. The highest BCUT2D eigenvalue weighted by Crippen LogP contribution is 2.33. The number of nitrogens with zero attached hydrogens (tertiary/aromatic N) is 3. The van der Waals surface area contributed by atoms with Crippen molar-refractivity contribution in [2.75, 3.05) is 26.6 Å². The Morgan fingerprint density at radius 1 is 1.10 bits per heavy atom. The molecule has 0 saturated heterocycles. The Kier molecular flexibility index (Phi) is 3.35. The minimum Gasteiger partial charge on any atom is -0.493 e. The first-order valence-corrected chi connectivity index (χ1v) is 6.51. The number of ether oxygens (including phenoxy) is 2. The number of methoxy groups -OCH3 is 2. The van der Waals surface area contributed by atoms with Crippen LogP contribution < -0.4 is 14.8 Å². The Bertz CT molecular complexity index is 782. The monoisotopic (exact) mass is 284 g/mol. The van der Waals surface area contributed by atoms with Crippen molar-refractivity contribution in [3.8, 4) is 22.6 Å². The Balaban J connectivity index is 2.15.